The minimum atomic E-state index is -0.743. The summed E-state index contributed by atoms with van der Waals surface area (Å²) in [5, 5.41) is 38.2. The van der Waals surface area contributed by atoms with E-state index in [9.17, 15) is 9.90 Å². The van der Waals surface area contributed by atoms with Gasteiger partial charge in [-0.05, 0) is 13.0 Å². The van der Waals surface area contributed by atoms with E-state index in [1.54, 1.807) is 0 Å². The van der Waals surface area contributed by atoms with Crippen molar-refractivity contribution >= 4 is 17.7 Å². The van der Waals surface area contributed by atoms with Gasteiger partial charge < -0.3 is 15.3 Å². The predicted octanol–water partition coefficient (Wildman–Crippen LogP) is -1.34. The van der Waals surface area contributed by atoms with Crippen molar-refractivity contribution in [3.05, 3.63) is 0 Å². The molecule has 0 fully saturated rings. The van der Waals surface area contributed by atoms with Crippen molar-refractivity contribution in [2.45, 2.75) is 30.7 Å². The maximum atomic E-state index is 10.8. The standard InChI is InChI=1S/C10H22N2O5S/c13-4-1-3-11-10(16)6-8(7-14)18-5-2-9(15)12-17/h8,10-11,13-14,16-17H,1-7H2,(H,12,15)/t8?,10-/m1/s1. The first-order chi connectivity index (χ1) is 8.63. The van der Waals surface area contributed by atoms with E-state index in [4.69, 9.17) is 15.4 Å². The molecular formula is C10H22N2O5S. The molecule has 0 radical (unpaired) electrons. The molecule has 1 unspecified atom stereocenters. The number of aliphatic hydroxyl groups is 3. The molecule has 108 valence electrons. The maximum Gasteiger partial charge on any atom is 0.244 e. The second-order valence-electron chi connectivity index (χ2n) is 3.74. The van der Waals surface area contributed by atoms with Gasteiger partial charge in [-0.15, -0.1) is 0 Å². The van der Waals surface area contributed by atoms with E-state index >= 15 is 0 Å². The lowest BCUT2D eigenvalue weighted by molar-refractivity contribution is -0.128. The van der Waals surface area contributed by atoms with Gasteiger partial charge in [0.1, 0.15) is 6.23 Å². The molecule has 0 bridgehead atoms. The minimum absolute atomic E-state index is 0.0637. The summed E-state index contributed by atoms with van der Waals surface area (Å²) in [4.78, 5) is 10.8. The van der Waals surface area contributed by atoms with Gasteiger partial charge in [0, 0.05) is 30.5 Å². The molecule has 0 heterocycles. The number of hydroxylamine groups is 1. The van der Waals surface area contributed by atoms with Gasteiger partial charge in [0.15, 0.2) is 0 Å². The second-order valence-corrected chi connectivity index (χ2v) is 5.15. The van der Waals surface area contributed by atoms with Crippen LogP contribution in [0.15, 0.2) is 0 Å². The Morgan fingerprint density at radius 1 is 1.33 bits per heavy atom. The first kappa shape index (κ1) is 17.6. The summed E-state index contributed by atoms with van der Waals surface area (Å²) in [6, 6.07) is 0. The van der Waals surface area contributed by atoms with Crippen LogP contribution in [0.2, 0.25) is 0 Å². The SMILES string of the molecule is O=C(CCSC(CO)C[C@@H](O)NCCCO)NO. The molecule has 0 saturated heterocycles. The summed E-state index contributed by atoms with van der Waals surface area (Å²) < 4.78 is 0. The molecule has 0 aromatic rings. The normalized spacial score (nSPS) is 14.2. The van der Waals surface area contributed by atoms with Crippen LogP contribution in [-0.2, 0) is 4.79 Å². The average molecular weight is 282 g/mol. The van der Waals surface area contributed by atoms with Gasteiger partial charge in [-0.2, -0.15) is 11.8 Å². The number of hydrogen-bond donors (Lipinski definition) is 6. The number of carbonyl (C=O) groups is 1. The Morgan fingerprint density at radius 3 is 2.61 bits per heavy atom. The molecule has 18 heavy (non-hydrogen) atoms. The molecule has 0 aliphatic heterocycles. The van der Waals surface area contributed by atoms with Crippen molar-refractivity contribution < 1.29 is 25.3 Å². The van der Waals surface area contributed by atoms with E-state index in [-0.39, 0.29) is 24.9 Å². The van der Waals surface area contributed by atoms with E-state index in [1.807, 2.05) is 0 Å². The molecule has 8 heteroatoms. The molecule has 7 nitrogen and oxygen atoms in total. The van der Waals surface area contributed by atoms with Gasteiger partial charge in [-0.25, -0.2) is 5.48 Å². The van der Waals surface area contributed by atoms with Crippen molar-refractivity contribution in [3.63, 3.8) is 0 Å². The van der Waals surface area contributed by atoms with Gasteiger partial charge in [0.25, 0.3) is 0 Å². The molecule has 0 saturated carbocycles. The number of thioether (sulfide) groups is 1. The first-order valence-corrected chi connectivity index (χ1v) is 6.86. The van der Waals surface area contributed by atoms with Crippen LogP contribution >= 0.6 is 11.8 Å². The zero-order chi connectivity index (χ0) is 13.8. The highest BCUT2D eigenvalue weighted by Crippen LogP contribution is 2.16. The summed E-state index contributed by atoms with van der Waals surface area (Å²) >= 11 is 1.36. The number of amides is 1. The van der Waals surface area contributed by atoms with Crippen LogP contribution in [0.1, 0.15) is 19.3 Å². The fourth-order valence-corrected chi connectivity index (χ4v) is 2.31. The number of aliphatic hydroxyl groups excluding tert-OH is 3. The number of nitrogens with one attached hydrogen (secondary N) is 2. The molecule has 0 aliphatic carbocycles. The fourth-order valence-electron chi connectivity index (χ4n) is 1.25. The van der Waals surface area contributed by atoms with Crippen LogP contribution < -0.4 is 10.8 Å². The van der Waals surface area contributed by atoms with Crippen LogP contribution in [0.3, 0.4) is 0 Å². The lowest BCUT2D eigenvalue weighted by atomic mass is 10.3. The van der Waals surface area contributed by atoms with E-state index in [2.05, 4.69) is 5.32 Å². The monoisotopic (exact) mass is 282 g/mol. The highest BCUT2D eigenvalue weighted by atomic mass is 32.2. The van der Waals surface area contributed by atoms with Crippen LogP contribution in [-0.4, -0.2) is 63.4 Å². The third kappa shape index (κ3) is 9.63. The Bertz CT molecular complexity index is 220. The third-order valence-electron chi connectivity index (χ3n) is 2.21. The van der Waals surface area contributed by atoms with Crippen LogP contribution in [0.25, 0.3) is 0 Å². The molecule has 1 amide bonds. The molecule has 2 atom stereocenters. The minimum Gasteiger partial charge on any atom is -0.396 e. The first-order valence-electron chi connectivity index (χ1n) is 5.81. The Balaban J connectivity index is 3.70. The Kier molecular flexibility index (Phi) is 11.4. The summed E-state index contributed by atoms with van der Waals surface area (Å²) in [6.07, 6.45) is 0.330. The summed E-state index contributed by atoms with van der Waals surface area (Å²) in [6.45, 7) is 0.478. The van der Waals surface area contributed by atoms with Crippen molar-refractivity contribution in [2.75, 3.05) is 25.5 Å². The number of carbonyl (C=O) groups excluding carboxylic acids is 1. The van der Waals surface area contributed by atoms with Crippen LogP contribution in [0, 0.1) is 0 Å². The van der Waals surface area contributed by atoms with Gasteiger partial charge >= 0.3 is 0 Å². The Hall–Kier alpha value is -0.380. The molecular weight excluding hydrogens is 260 g/mol. The van der Waals surface area contributed by atoms with Crippen LogP contribution in [0.4, 0.5) is 0 Å². The van der Waals surface area contributed by atoms with Gasteiger partial charge in [0.05, 0.1) is 6.61 Å². The summed E-state index contributed by atoms with van der Waals surface area (Å²) in [7, 11) is 0. The van der Waals surface area contributed by atoms with E-state index in [0.717, 1.165) is 0 Å². The van der Waals surface area contributed by atoms with Crippen molar-refractivity contribution in [1.82, 2.24) is 10.8 Å². The number of hydrogen-bond acceptors (Lipinski definition) is 7. The molecule has 0 aromatic heterocycles. The van der Waals surface area contributed by atoms with Gasteiger partial charge in [-0.3, -0.25) is 15.3 Å². The maximum absolute atomic E-state index is 10.8. The van der Waals surface area contributed by atoms with E-state index in [0.29, 0.717) is 25.1 Å². The smallest absolute Gasteiger partial charge is 0.244 e. The highest BCUT2D eigenvalue weighted by molar-refractivity contribution is 7.99. The number of rotatable bonds is 11. The largest absolute Gasteiger partial charge is 0.396 e. The zero-order valence-corrected chi connectivity index (χ0v) is 11.0. The third-order valence-corrected chi connectivity index (χ3v) is 3.46. The topological polar surface area (TPSA) is 122 Å². The summed E-state index contributed by atoms with van der Waals surface area (Å²) in [5.41, 5.74) is 1.53. The van der Waals surface area contributed by atoms with Crippen molar-refractivity contribution in [1.29, 1.82) is 0 Å². The fraction of sp³-hybridized carbons (Fsp3) is 0.900. The molecule has 6 N–H and O–H groups in total. The lowest BCUT2D eigenvalue weighted by Gasteiger charge is -2.18. The van der Waals surface area contributed by atoms with Gasteiger partial charge in [0.2, 0.25) is 5.91 Å². The molecule has 0 rings (SSSR count). The van der Waals surface area contributed by atoms with E-state index in [1.165, 1.54) is 17.2 Å². The van der Waals surface area contributed by atoms with E-state index < -0.39 is 12.1 Å². The quantitative estimate of drug-likeness (QED) is 0.120. The highest BCUT2D eigenvalue weighted by Gasteiger charge is 2.14. The van der Waals surface area contributed by atoms with Crippen LogP contribution in [0.5, 0.6) is 0 Å². The molecule has 0 aliphatic rings. The molecule has 0 aromatic carbocycles. The van der Waals surface area contributed by atoms with Crippen molar-refractivity contribution in [2.24, 2.45) is 0 Å². The molecule has 0 spiro atoms. The second kappa shape index (κ2) is 11.7. The van der Waals surface area contributed by atoms with Gasteiger partial charge in [-0.1, -0.05) is 0 Å². The predicted molar refractivity (Wildman–Crippen MR) is 68.2 cm³/mol. The lowest BCUT2D eigenvalue weighted by Crippen LogP contribution is -2.33. The average Bonchev–Trinajstić information content (AvgIpc) is 2.37. The Labute approximate surface area is 111 Å². The Morgan fingerprint density at radius 2 is 2.06 bits per heavy atom. The summed E-state index contributed by atoms with van der Waals surface area (Å²) in [5.74, 6) is -0.0122. The van der Waals surface area contributed by atoms with Crippen molar-refractivity contribution in [3.8, 4) is 0 Å². The zero-order valence-electron chi connectivity index (χ0n) is 10.2.